The molecule has 16 heavy (non-hydrogen) atoms. The van der Waals surface area contributed by atoms with Crippen molar-refractivity contribution in [3.63, 3.8) is 0 Å². The van der Waals surface area contributed by atoms with Crippen molar-refractivity contribution in [3.8, 4) is 0 Å². The Balaban J connectivity index is 2.53. The number of aromatic amines is 1. The molecule has 0 saturated carbocycles. The molecule has 0 bridgehead atoms. The third-order valence-corrected chi connectivity index (χ3v) is 3.21. The summed E-state index contributed by atoms with van der Waals surface area (Å²) < 4.78 is 11.2. The summed E-state index contributed by atoms with van der Waals surface area (Å²) in [6.07, 6.45) is 3.97. The molecule has 84 valence electrons. The molecule has 7 nitrogen and oxygen atoms in total. The van der Waals surface area contributed by atoms with Crippen molar-refractivity contribution in [1.29, 1.82) is 0 Å². The van der Waals surface area contributed by atoms with Crippen LogP contribution in [0.25, 0.3) is 11.2 Å². The molecule has 2 aromatic rings. The molecule has 0 amide bonds. The zero-order chi connectivity index (χ0) is 11.8. The Morgan fingerprint density at radius 2 is 2.25 bits per heavy atom. The summed E-state index contributed by atoms with van der Waals surface area (Å²) in [6, 6.07) is 0. The monoisotopic (exact) mass is 240 g/mol. The highest BCUT2D eigenvalue weighted by Crippen LogP contribution is 2.51. The van der Waals surface area contributed by atoms with Gasteiger partial charge in [0.15, 0.2) is 5.65 Å². The molecule has 1 atom stereocenters. The predicted octanol–water partition coefficient (Wildman–Crippen LogP) is 0.758. The summed E-state index contributed by atoms with van der Waals surface area (Å²) in [5.74, 6) is 0.0279. The largest absolute Gasteiger partial charge is 0.339 e. The standard InChI is InChI=1S/C8H9N4O3P/c1-2-6(16(13,14)15)8-9-3-5-7(12-8)11-4-10-5/h2-4,6H,1H2,(H2,13,14,15)(H,9,10,11,12). The van der Waals surface area contributed by atoms with Gasteiger partial charge in [-0.15, -0.1) is 6.58 Å². The Labute approximate surface area is 90.4 Å². The number of fused-ring (bicyclic) bond motifs is 1. The van der Waals surface area contributed by atoms with E-state index in [-0.39, 0.29) is 5.82 Å². The summed E-state index contributed by atoms with van der Waals surface area (Å²) in [6.45, 7) is 3.37. The molecule has 0 aromatic carbocycles. The van der Waals surface area contributed by atoms with Gasteiger partial charge in [0, 0.05) is 0 Å². The highest BCUT2D eigenvalue weighted by atomic mass is 31.2. The molecule has 1 unspecified atom stereocenters. The van der Waals surface area contributed by atoms with Gasteiger partial charge in [0.25, 0.3) is 0 Å². The first-order valence-corrected chi connectivity index (χ1v) is 6.04. The van der Waals surface area contributed by atoms with Crippen LogP contribution in [0, 0.1) is 0 Å². The smallest absolute Gasteiger partial charge is 0.329 e. The van der Waals surface area contributed by atoms with Crippen LogP contribution in [0.1, 0.15) is 11.5 Å². The van der Waals surface area contributed by atoms with Crippen molar-refractivity contribution in [2.24, 2.45) is 0 Å². The quantitative estimate of drug-likeness (QED) is 0.539. The summed E-state index contributed by atoms with van der Waals surface area (Å²) in [5, 5.41) is 0. The number of rotatable bonds is 3. The topological polar surface area (TPSA) is 112 Å². The van der Waals surface area contributed by atoms with Crippen molar-refractivity contribution in [1.82, 2.24) is 19.9 Å². The summed E-state index contributed by atoms with van der Waals surface area (Å²) in [7, 11) is -4.33. The fourth-order valence-electron chi connectivity index (χ4n) is 1.29. The number of nitrogens with zero attached hydrogens (tertiary/aromatic N) is 3. The van der Waals surface area contributed by atoms with E-state index in [1.807, 2.05) is 0 Å². The van der Waals surface area contributed by atoms with Crippen LogP contribution >= 0.6 is 7.60 Å². The van der Waals surface area contributed by atoms with Gasteiger partial charge >= 0.3 is 7.60 Å². The number of H-pyrrole nitrogens is 1. The lowest BCUT2D eigenvalue weighted by Gasteiger charge is -2.12. The minimum Gasteiger partial charge on any atom is -0.329 e. The van der Waals surface area contributed by atoms with E-state index in [0.29, 0.717) is 11.2 Å². The van der Waals surface area contributed by atoms with Crippen molar-refractivity contribution in [2.75, 3.05) is 0 Å². The van der Waals surface area contributed by atoms with Crippen molar-refractivity contribution >= 4 is 18.8 Å². The first-order valence-electron chi connectivity index (χ1n) is 4.36. The number of aromatic nitrogens is 4. The van der Waals surface area contributed by atoms with Crippen molar-refractivity contribution < 1.29 is 14.4 Å². The first kappa shape index (κ1) is 10.9. The average Bonchev–Trinajstić information content (AvgIpc) is 2.63. The number of nitrogens with one attached hydrogen (secondary N) is 1. The highest BCUT2D eigenvalue weighted by molar-refractivity contribution is 7.52. The third-order valence-electron chi connectivity index (χ3n) is 2.04. The van der Waals surface area contributed by atoms with Crippen LogP contribution in [-0.4, -0.2) is 29.7 Å². The van der Waals surface area contributed by atoms with E-state index in [4.69, 9.17) is 9.79 Å². The van der Waals surface area contributed by atoms with Crippen molar-refractivity contribution in [3.05, 3.63) is 31.0 Å². The number of imidazole rings is 1. The average molecular weight is 240 g/mol. The van der Waals surface area contributed by atoms with Crippen molar-refractivity contribution in [2.45, 2.75) is 5.66 Å². The van der Waals surface area contributed by atoms with E-state index in [2.05, 4.69) is 26.5 Å². The Bertz CT molecular complexity index is 575. The predicted molar refractivity (Wildman–Crippen MR) is 56.7 cm³/mol. The van der Waals surface area contributed by atoms with Gasteiger partial charge in [-0.05, 0) is 0 Å². The molecule has 2 aromatic heterocycles. The molecular formula is C8H9N4O3P. The fourth-order valence-corrected chi connectivity index (χ4v) is 1.99. The lowest BCUT2D eigenvalue weighted by molar-refractivity contribution is 0.364. The van der Waals surface area contributed by atoms with E-state index >= 15 is 0 Å². The van der Waals surface area contributed by atoms with E-state index < -0.39 is 13.3 Å². The molecule has 3 N–H and O–H groups in total. The molecule has 0 aliphatic carbocycles. The fraction of sp³-hybridized carbons (Fsp3) is 0.125. The summed E-state index contributed by atoms with van der Waals surface area (Å²) in [4.78, 5) is 32.7. The first-order chi connectivity index (χ1) is 7.52. The summed E-state index contributed by atoms with van der Waals surface area (Å²) in [5.41, 5.74) is -0.220. The second-order valence-electron chi connectivity index (χ2n) is 3.13. The maximum Gasteiger partial charge on any atom is 0.339 e. The number of hydrogen-bond acceptors (Lipinski definition) is 4. The molecule has 0 saturated heterocycles. The maximum absolute atomic E-state index is 11.2. The molecule has 0 spiro atoms. The zero-order valence-electron chi connectivity index (χ0n) is 8.11. The van der Waals surface area contributed by atoms with Gasteiger partial charge in [0.2, 0.25) is 0 Å². The van der Waals surface area contributed by atoms with Crippen LogP contribution in [0.3, 0.4) is 0 Å². The second-order valence-corrected chi connectivity index (χ2v) is 4.87. The van der Waals surface area contributed by atoms with E-state index in [1.165, 1.54) is 12.5 Å². The van der Waals surface area contributed by atoms with Crippen LogP contribution in [-0.2, 0) is 4.57 Å². The van der Waals surface area contributed by atoms with Gasteiger partial charge in [0.05, 0.1) is 12.5 Å². The van der Waals surface area contributed by atoms with Gasteiger partial charge < -0.3 is 14.8 Å². The Morgan fingerprint density at radius 1 is 1.50 bits per heavy atom. The minimum atomic E-state index is -4.33. The number of allylic oxidation sites excluding steroid dienone is 1. The van der Waals surface area contributed by atoms with E-state index in [1.54, 1.807) is 0 Å². The molecule has 0 aliphatic heterocycles. The van der Waals surface area contributed by atoms with Crippen LogP contribution < -0.4 is 0 Å². The molecule has 0 aliphatic rings. The minimum absolute atomic E-state index is 0.0279. The maximum atomic E-state index is 11.2. The molecule has 2 rings (SSSR count). The van der Waals surface area contributed by atoms with Crippen LogP contribution in [0.15, 0.2) is 25.2 Å². The zero-order valence-corrected chi connectivity index (χ0v) is 9.00. The van der Waals surface area contributed by atoms with Crippen LogP contribution in [0.2, 0.25) is 0 Å². The highest BCUT2D eigenvalue weighted by Gasteiger charge is 2.30. The normalized spacial score (nSPS) is 13.9. The van der Waals surface area contributed by atoms with Gasteiger partial charge in [0.1, 0.15) is 17.0 Å². The van der Waals surface area contributed by atoms with E-state index in [0.717, 1.165) is 6.08 Å². The molecule has 0 radical (unpaired) electrons. The third kappa shape index (κ3) is 1.88. The Kier molecular flexibility index (Phi) is 2.59. The van der Waals surface area contributed by atoms with Crippen LogP contribution in [0.4, 0.5) is 0 Å². The van der Waals surface area contributed by atoms with E-state index in [9.17, 15) is 4.57 Å². The molecular weight excluding hydrogens is 231 g/mol. The molecule has 2 heterocycles. The Hall–Kier alpha value is -1.56. The molecule has 8 heteroatoms. The van der Waals surface area contributed by atoms with Crippen LogP contribution in [0.5, 0.6) is 0 Å². The second kappa shape index (κ2) is 3.79. The van der Waals surface area contributed by atoms with Gasteiger partial charge in [-0.25, -0.2) is 15.0 Å². The summed E-state index contributed by atoms with van der Waals surface area (Å²) >= 11 is 0. The van der Waals surface area contributed by atoms with Gasteiger partial charge in [-0.3, -0.25) is 4.57 Å². The Morgan fingerprint density at radius 3 is 2.88 bits per heavy atom. The number of hydrogen-bond donors (Lipinski definition) is 3. The van der Waals surface area contributed by atoms with Gasteiger partial charge in [-0.1, -0.05) is 6.08 Å². The SMILES string of the molecule is C=CC(c1ncc2nc[nH]c2n1)P(=O)(O)O. The lowest BCUT2D eigenvalue weighted by Crippen LogP contribution is -2.02. The molecule has 0 fully saturated rings. The van der Waals surface area contributed by atoms with Gasteiger partial charge in [-0.2, -0.15) is 0 Å². The lowest BCUT2D eigenvalue weighted by atomic mass is 10.4.